The maximum atomic E-state index is 5.46. The van der Waals surface area contributed by atoms with Gasteiger partial charge < -0.3 is 0 Å². The fourth-order valence-corrected chi connectivity index (χ4v) is 9.15. The first kappa shape index (κ1) is 27.6. The van der Waals surface area contributed by atoms with E-state index in [0.717, 1.165) is 22.6 Å². The summed E-state index contributed by atoms with van der Waals surface area (Å²) in [6.07, 6.45) is 2.04. The topological polar surface area (TPSA) is 25.8 Å². The van der Waals surface area contributed by atoms with E-state index in [0.29, 0.717) is 0 Å². The average Bonchev–Trinajstić information content (AvgIpc) is 3.80. The molecule has 0 radical (unpaired) electrons. The van der Waals surface area contributed by atoms with Gasteiger partial charge in [0.25, 0.3) is 0 Å². The Morgan fingerprint density at radius 1 is 0.400 bits per heavy atom. The lowest BCUT2D eigenvalue weighted by Crippen LogP contribution is -2.27. The Labute approximate surface area is 291 Å². The summed E-state index contributed by atoms with van der Waals surface area (Å²) in [5, 5.41) is 0. The quantitative estimate of drug-likeness (QED) is 0.193. The van der Waals surface area contributed by atoms with E-state index in [4.69, 9.17) is 9.97 Å². The van der Waals surface area contributed by atoms with Gasteiger partial charge in [0.1, 0.15) is 0 Å². The summed E-state index contributed by atoms with van der Waals surface area (Å²) in [5.74, 6) is 0.989. The standard InChI is InChI=1S/C48H30N2/c1-2-12-32(13-3-1)47-49-29-41-37-17-9-11-21-43(37)48(46(41)50-47)42-20-10-8-16-36(42)38-27-26-33(28-44(38)48)30-22-24-31(25-23-30)45-39-18-6-4-14-34(39)35-15-5-7-19-40(35)45/h1-29,45H. The van der Waals surface area contributed by atoms with E-state index in [1.165, 1.54) is 72.3 Å². The largest absolute Gasteiger partial charge is 0.236 e. The van der Waals surface area contributed by atoms with Gasteiger partial charge in [-0.05, 0) is 78.4 Å². The number of hydrogen-bond donors (Lipinski definition) is 0. The van der Waals surface area contributed by atoms with Gasteiger partial charge in [-0.2, -0.15) is 0 Å². The van der Waals surface area contributed by atoms with Crippen LogP contribution in [0.1, 0.15) is 45.0 Å². The van der Waals surface area contributed by atoms with Crippen LogP contribution in [0, 0.1) is 0 Å². The Bertz CT molecular complexity index is 2600. The van der Waals surface area contributed by atoms with E-state index in [-0.39, 0.29) is 5.92 Å². The molecule has 0 amide bonds. The van der Waals surface area contributed by atoms with Gasteiger partial charge in [0.15, 0.2) is 5.82 Å². The van der Waals surface area contributed by atoms with Gasteiger partial charge in [-0.25, -0.2) is 9.97 Å². The molecule has 11 rings (SSSR count). The van der Waals surface area contributed by atoms with Gasteiger partial charge in [0.05, 0.1) is 11.1 Å². The third-order valence-electron chi connectivity index (χ3n) is 11.3. The Kier molecular flexibility index (Phi) is 5.68. The number of rotatable bonds is 3. The smallest absolute Gasteiger partial charge is 0.159 e. The molecule has 3 aliphatic carbocycles. The Morgan fingerprint density at radius 3 is 1.62 bits per heavy atom. The molecule has 1 aromatic heterocycles. The van der Waals surface area contributed by atoms with Gasteiger partial charge in [-0.1, -0.05) is 164 Å². The van der Waals surface area contributed by atoms with Crippen LogP contribution in [0.5, 0.6) is 0 Å². The molecule has 2 heteroatoms. The summed E-state index contributed by atoms with van der Waals surface area (Å²) in [4.78, 5) is 10.4. The fraction of sp³-hybridized carbons (Fsp3) is 0.0417. The first-order valence-corrected chi connectivity index (χ1v) is 17.4. The van der Waals surface area contributed by atoms with Gasteiger partial charge in [-0.3, -0.25) is 0 Å². The van der Waals surface area contributed by atoms with Crippen LogP contribution in [0.4, 0.5) is 0 Å². The molecule has 2 nitrogen and oxygen atoms in total. The van der Waals surface area contributed by atoms with Crippen molar-refractivity contribution in [3.8, 4) is 55.9 Å². The summed E-state index contributed by atoms with van der Waals surface area (Å²) >= 11 is 0. The predicted molar refractivity (Wildman–Crippen MR) is 202 cm³/mol. The van der Waals surface area contributed by atoms with Gasteiger partial charge in [0, 0.05) is 23.2 Å². The van der Waals surface area contributed by atoms with Crippen LogP contribution in [0.25, 0.3) is 55.9 Å². The molecule has 1 unspecified atom stereocenters. The molecule has 1 heterocycles. The maximum absolute atomic E-state index is 5.46. The second-order valence-corrected chi connectivity index (χ2v) is 13.7. The minimum atomic E-state index is -0.544. The van der Waals surface area contributed by atoms with Gasteiger partial charge in [-0.15, -0.1) is 0 Å². The highest BCUT2D eigenvalue weighted by molar-refractivity contribution is 5.95. The van der Waals surface area contributed by atoms with Crippen LogP contribution in [0.15, 0.2) is 176 Å². The van der Waals surface area contributed by atoms with Gasteiger partial charge in [0.2, 0.25) is 0 Å². The van der Waals surface area contributed by atoms with Crippen molar-refractivity contribution in [1.82, 2.24) is 9.97 Å². The molecule has 0 aliphatic heterocycles. The lowest BCUT2D eigenvalue weighted by molar-refractivity contribution is 0.758. The van der Waals surface area contributed by atoms with Crippen molar-refractivity contribution in [3.63, 3.8) is 0 Å². The molecular formula is C48H30N2. The first-order valence-electron chi connectivity index (χ1n) is 17.4. The number of benzene rings is 7. The average molecular weight is 635 g/mol. The van der Waals surface area contributed by atoms with Crippen LogP contribution < -0.4 is 0 Å². The minimum Gasteiger partial charge on any atom is -0.236 e. The molecule has 0 saturated carbocycles. The Hall–Kier alpha value is -6.38. The van der Waals surface area contributed by atoms with Gasteiger partial charge >= 0.3 is 0 Å². The van der Waals surface area contributed by atoms with E-state index in [9.17, 15) is 0 Å². The fourth-order valence-electron chi connectivity index (χ4n) is 9.15. The number of hydrogen-bond acceptors (Lipinski definition) is 2. The zero-order valence-corrected chi connectivity index (χ0v) is 27.2. The number of nitrogens with zero attached hydrogens (tertiary/aromatic N) is 2. The van der Waals surface area contributed by atoms with Crippen molar-refractivity contribution in [2.75, 3.05) is 0 Å². The number of fused-ring (bicyclic) bond motifs is 13. The van der Waals surface area contributed by atoms with Crippen molar-refractivity contribution >= 4 is 0 Å². The van der Waals surface area contributed by atoms with E-state index in [2.05, 4.69) is 164 Å². The molecule has 1 spiro atoms. The molecule has 0 bridgehead atoms. The van der Waals surface area contributed by atoms with E-state index in [1.807, 2.05) is 12.3 Å². The van der Waals surface area contributed by atoms with Crippen molar-refractivity contribution in [2.24, 2.45) is 0 Å². The molecular weight excluding hydrogens is 605 g/mol. The van der Waals surface area contributed by atoms with Crippen LogP contribution in [0.3, 0.4) is 0 Å². The summed E-state index contributed by atoms with van der Waals surface area (Å²) in [6, 6.07) is 62.1. The van der Waals surface area contributed by atoms with Crippen molar-refractivity contribution in [2.45, 2.75) is 11.3 Å². The SMILES string of the molecule is c1ccc(-c2ncc3c(n2)C2(c4ccccc4-c4ccc(-c5ccc(C6c7ccccc7-c7ccccc76)cc5)cc42)c2ccccc2-3)cc1. The second kappa shape index (κ2) is 10.3. The molecule has 232 valence electrons. The minimum absolute atomic E-state index is 0.235. The number of aromatic nitrogens is 2. The highest BCUT2D eigenvalue weighted by Gasteiger charge is 2.53. The summed E-state index contributed by atoms with van der Waals surface area (Å²) < 4.78 is 0. The molecule has 7 aromatic carbocycles. The normalized spacial score (nSPS) is 16.0. The van der Waals surface area contributed by atoms with Crippen molar-refractivity contribution in [1.29, 1.82) is 0 Å². The molecule has 3 aliphatic rings. The highest BCUT2D eigenvalue weighted by atomic mass is 14.9. The third-order valence-corrected chi connectivity index (χ3v) is 11.3. The van der Waals surface area contributed by atoms with Crippen LogP contribution >= 0.6 is 0 Å². The molecule has 0 N–H and O–H groups in total. The Morgan fingerprint density at radius 2 is 0.940 bits per heavy atom. The van der Waals surface area contributed by atoms with Crippen molar-refractivity contribution in [3.05, 3.63) is 215 Å². The summed E-state index contributed by atoms with van der Waals surface area (Å²) in [6.45, 7) is 0. The molecule has 50 heavy (non-hydrogen) atoms. The van der Waals surface area contributed by atoms with E-state index >= 15 is 0 Å². The van der Waals surface area contributed by atoms with Crippen LogP contribution in [0.2, 0.25) is 0 Å². The molecule has 0 saturated heterocycles. The summed E-state index contributed by atoms with van der Waals surface area (Å²) in [5.41, 5.74) is 19.4. The maximum Gasteiger partial charge on any atom is 0.159 e. The molecule has 0 fully saturated rings. The lowest BCUT2D eigenvalue weighted by Gasteiger charge is -2.29. The van der Waals surface area contributed by atoms with E-state index < -0.39 is 5.41 Å². The predicted octanol–water partition coefficient (Wildman–Crippen LogP) is 11.3. The Balaban J connectivity index is 1.09. The zero-order valence-electron chi connectivity index (χ0n) is 27.2. The summed E-state index contributed by atoms with van der Waals surface area (Å²) in [7, 11) is 0. The molecule has 8 aromatic rings. The van der Waals surface area contributed by atoms with Crippen molar-refractivity contribution < 1.29 is 0 Å². The first-order chi connectivity index (χ1) is 24.8. The van der Waals surface area contributed by atoms with Crippen LogP contribution in [-0.2, 0) is 5.41 Å². The van der Waals surface area contributed by atoms with E-state index in [1.54, 1.807) is 0 Å². The second-order valence-electron chi connectivity index (χ2n) is 13.7. The highest BCUT2D eigenvalue weighted by Crippen LogP contribution is 2.62. The lowest BCUT2D eigenvalue weighted by atomic mass is 9.72. The zero-order chi connectivity index (χ0) is 32.8. The third kappa shape index (κ3) is 3.63. The van der Waals surface area contributed by atoms with Crippen LogP contribution in [-0.4, -0.2) is 9.97 Å². The molecule has 1 atom stereocenters. The monoisotopic (exact) mass is 634 g/mol.